The van der Waals surface area contributed by atoms with Gasteiger partial charge in [0.15, 0.2) is 11.5 Å². The summed E-state index contributed by atoms with van der Waals surface area (Å²) in [6.45, 7) is 4.29. The summed E-state index contributed by atoms with van der Waals surface area (Å²) in [6, 6.07) is 0.432. The summed E-state index contributed by atoms with van der Waals surface area (Å²) in [7, 11) is 0. The lowest BCUT2D eigenvalue weighted by Crippen LogP contribution is -2.19. The summed E-state index contributed by atoms with van der Waals surface area (Å²) in [5.74, 6) is 0.839. The zero-order valence-corrected chi connectivity index (χ0v) is 8.88. The molecule has 2 aromatic rings. The van der Waals surface area contributed by atoms with Crippen molar-refractivity contribution in [2.75, 3.05) is 5.32 Å². The Balaban J connectivity index is 2.30. The second-order valence-corrected chi connectivity index (χ2v) is 3.40. The van der Waals surface area contributed by atoms with E-state index in [1.807, 2.05) is 0 Å². The van der Waals surface area contributed by atoms with Crippen molar-refractivity contribution in [1.29, 1.82) is 0 Å². The number of nitrogens with zero attached hydrogens (tertiary/aromatic N) is 5. The molecule has 15 heavy (non-hydrogen) atoms. The Morgan fingerprint density at radius 2 is 2.13 bits per heavy atom. The first-order valence-corrected chi connectivity index (χ1v) is 5.13. The number of hydrogen-bond donors (Lipinski definition) is 1. The van der Waals surface area contributed by atoms with Crippen LogP contribution < -0.4 is 5.32 Å². The first kappa shape index (κ1) is 9.82. The minimum atomic E-state index is 0.432. The maximum absolute atomic E-state index is 4.08. The molecule has 2 rings (SSSR count). The van der Waals surface area contributed by atoms with E-state index in [1.165, 1.54) is 0 Å². The lowest BCUT2D eigenvalue weighted by Gasteiger charge is -2.15. The van der Waals surface area contributed by atoms with Gasteiger partial charge in [-0.05, 0) is 23.3 Å². The molecule has 2 heterocycles. The monoisotopic (exact) mass is 206 g/mol. The van der Waals surface area contributed by atoms with E-state index in [0.29, 0.717) is 11.7 Å². The molecule has 80 valence electrons. The van der Waals surface area contributed by atoms with Gasteiger partial charge in [-0.1, -0.05) is 13.8 Å². The summed E-state index contributed by atoms with van der Waals surface area (Å²) in [5.41, 5.74) is 0.658. The smallest absolute Gasteiger partial charge is 0.199 e. The van der Waals surface area contributed by atoms with Crippen LogP contribution in [0.3, 0.4) is 0 Å². The molecule has 0 aliphatic carbocycles. The molecule has 0 saturated heterocycles. The fourth-order valence-corrected chi connectivity index (χ4v) is 1.48. The third-order valence-corrected chi connectivity index (χ3v) is 2.45. The van der Waals surface area contributed by atoms with Gasteiger partial charge in [0.2, 0.25) is 0 Å². The van der Waals surface area contributed by atoms with Crippen molar-refractivity contribution in [3.05, 3.63) is 12.4 Å². The maximum Gasteiger partial charge on any atom is 0.199 e. The number of hydrogen-bond acceptors (Lipinski definition) is 5. The number of aromatic nitrogens is 5. The predicted molar refractivity (Wildman–Crippen MR) is 56.6 cm³/mol. The Morgan fingerprint density at radius 1 is 1.33 bits per heavy atom. The highest BCUT2D eigenvalue weighted by molar-refractivity contribution is 5.44. The molecule has 0 radical (unpaired) electrons. The topological polar surface area (TPSA) is 68.0 Å². The van der Waals surface area contributed by atoms with Gasteiger partial charge < -0.3 is 5.32 Å². The Labute approximate surface area is 87.7 Å². The van der Waals surface area contributed by atoms with Gasteiger partial charge in [0.25, 0.3) is 0 Å². The molecule has 2 aromatic heterocycles. The van der Waals surface area contributed by atoms with Crippen LogP contribution >= 0.6 is 0 Å². The number of tetrazole rings is 1. The van der Waals surface area contributed by atoms with Crippen LogP contribution in [0.15, 0.2) is 12.4 Å². The molecule has 0 fully saturated rings. The third kappa shape index (κ3) is 1.88. The van der Waals surface area contributed by atoms with Crippen molar-refractivity contribution >= 4 is 11.5 Å². The Morgan fingerprint density at radius 3 is 2.87 bits per heavy atom. The van der Waals surface area contributed by atoms with E-state index in [4.69, 9.17) is 0 Å². The van der Waals surface area contributed by atoms with Crippen LogP contribution in [0.25, 0.3) is 5.65 Å². The lowest BCUT2D eigenvalue weighted by molar-refractivity contribution is 0.661. The molecule has 0 saturated carbocycles. The van der Waals surface area contributed by atoms with Crippen molar-refractivity contribution in [3.8, 4) is 0 Å². The van der Waals surface area contributed by atoms with Gasteiger partial charge >= 0.3 is 0 Å². The van der Waals surface area contributed by atoms with Crippen LogP contribution in [0.4, 0.5) is 5.82 Å². The highest BCUT2D eigenvalue weighted by Gasteiger charge is 2.07. The highest BCUT2D eigenvalue weighted by Crippen LogP contribution is 2.10. The molecular weight excluding hydrogens is 192 g/mol. The maximum atomic E-state index is 4.08. The molecule has 0 amide bonds. The fraction of sp³-hybridized carbons (Fsp3) is 0.556. The van der Waals surface area contributed by atoms with Gasteiger partial charge in [-0.25, -0.2) is 0 Å². The van der Waals surface area contributed by atoms with Crippen LogP contribution in [0.2, 0.25) is 0 Å². The Kier molecular flexibility index (Phi) is 2.75. The standard InChI is InChI=1S/C9H14N6/c1-3-7(4-2)11-8-5-10-6-9-12-13-14-15(8)9/h5-7,11H,3-4H2,1-2H3. The van der Waals surface area contributed by atoms with Crippen LogP contribution in [0.5, 0.6) is 0 Å². The zero-order chi connectivity index (χ0) is 10.7. The number of rotatable bonds is 4. The van der Waals surface area contributed by atoms with Crippen molar-refractivity contribution in [3.63, 3.8) is 0 Å². The van der Waals surface area contributed by atoms with E-state index >= 15 is 0 Å². The van der Waals surface area contributed by atoms with E-state index in [1.54, 1.807) is 16.9 Å². The molecule has 0 bridgehead atoms. The lowest BCUT2D eigenvalue weighted by atomic mass is 10.2. The normalized spacial score (nSPS) is 11.1. The summed E-state index contributed by atoms with van der Waals surface area (Å²) in [5, 5.41) is 14.7. The van der Waals surface area contributed by atoms with E-state index in [0.717, 1.165) is 18.7 Å². The summed E-state index contributed by atoms with van der Waals surface area (Å²) in [4.78, 5) is 4.08. The van der Waals surface area contributed by atoms with Gasteiger partial charge in [0, 0.05) is 6.04 Å². The third-order valence-electron chi connectivity index (χ3n) is 2.45. The van der Waals surface area contributed by atoms with Crippen molar-refractivity contribution in [2.45, 2.75) is 32.7 Å². The molecule has 0 unspecified atom stereocenters. The van der Waals surface area contributed by atoms with E-state index < -0.39 is 0 Å². The second kappa shape index (κ2) is 4.20. The van der Waals surface area contributed by atoms with Gasteiger partial charge in [-0.2, -0.15) is 4.52 Å². The second-order valence-electron chi connectivity index (χ2n) is 3.40. The largest absolute Gasteiger partial charge is 0.366 e. The predicted octanol–water partition coefficient (Wildman–Crippen LogP) is 1.12. The van der Waals surface area contributed by atoms with E-state index in [9.17, 15) is 0 Å². The van der Waals surface area contributed by atoms with Crippen LogP contribution in [-0.4, -0.2) is 31.1 Å². The van der Waals surface area contributed by atoms with Crippen LogP contribution in [-0.2, 0) is 0 Å². The van der Waals surface area contributed by atoms with E-state index in [2.05, 4.69) is 39.7 Å². The Bertz CT molecular complexity index is 433. The number of fused-ring (bicyclic) bond motifs is 1. The average molecular weight is 206 g/mol. The molecule has 0 spiro atoms. The molecule has 6 heteroatoms. The van der Waals surface area contributed by atoms with Gasteiger partial charge in [0.05, 0.1) is 12.4 Å². The first-order valence-electron chi connectivity index (χ1n) is 5.13. The average Bonchev–Trinajstić information content (AvgIpc) is 2.74. The first-order chi connectivity index (χ1) is 7.35. The summed E-state index contributed by atoms with van der Waals surface area (Å²) < 4.78 is 1.66. The number of anilines is 1. The molecule has 0 aromatic carbocycles. The molecule has 6 nitrogen and oxygen atoms in total. The molecule has 1 N–H and O–H groups in total. The minimum Gasteiger partial charge on any atom is -0.366 e. The van der Waals surface area contributed by atoms with Gasteiger partial charge in [-0.3, -0.25) is 4.98 Å². The summed E-state index contributed by atoms with van der Waals surface area (Å²) in [6.07, 6.45) is 5.50. The quantitative estimate of drug-likeness (QED) is 0.811. The molecule has 0 aliphatic heterocycles. The van der Waals surface area contributed by atoms with Crippen LogP contribution in [0.1, 0.15) is 26.7 Å². The molecule has 0 aliphatic rings. The van der Waals surface area contributed by atoms with Crippen LogP contribution in [0, 0.1) is 0 Å². The number of nitrogens with one attached hydrogen (secondary N) is 1. The fourth-order valence-electron chi connectivity index (χ4n) is 1.48. The van der Waals surface area contributed by atoms with Crippen molar-refractivity contribution in [2.24, 2.45) is 0 Å². The van der Waals surface area contributed by atoms with Crippen molar-refractivity contribution in [1.82, 2.24) is 25.0 Å². The zero-order valence-electron chi connectivity index (χ0n) is 8.88. The molecular formula is C9H14N6. The van der Waals surface area contributed by atoms with Gasteiger partial charge in [-0.15, -0.1) is 5.10 Å². The molecule has 0 atom stereocenters. The Hall–Kier alpha value is -1.72. The summed E-state index contributed by atoms with van der Waals surface area (Å²) >= 11 is 0. The SMILES string of the molecule is CCC(CC)Nc1cncc2nnnn12. The minimum absolute atomic E-state index is 0.432. The highest BCUT2D eigenvalue weighted by atomic mass is 15.5. The van der Waals surface area contributed by atoms with Gasteiger partial charge in [0.1, 0.15) is 0 Å². The van der Waals surface area contributed by atoms with Crippen molar-refractivity contribution < 1.29 is 0 Å². The van der Waals surface area contributed by atoms with E-state index in [-0.39, 0.29) is 0 Å².